The molecule has 0 aromatic heterocycles. The summed E-state index contributed by atoms with van der Waals surface area (Å²) in [6, 6.07) is 15.4. The van der Waals surface area contributed by atoms with Crippen LogP contribution >= 0.6 is 11.6 Å². The Labute approximate surface area is 220 Å². The number of methoxy groups -OCH3 is 2. The molecule has 192 valence electrons. The predicted octanol–water partition coefficient (Wildman–Crippen LogP) is 5.99. The molecule has 8 heteroatoms. The molecule has 1 saturated heterocycles. The number of aromatic hydroxyl groups is 1. The van der Waals surface area contributed by atoms with E-state index in [0.29, 0.717) is 11.3 Å². The lowest BCUT2D eigenvalue weighted by atomic mass is 9.85. The van der Waals surface area contributed by atoms with Crippen molar-refractivity contribution in [1.29, 1.82) is 0 Å². The van der Waals surface area contributed by atoms with Crippen molar-refractivity contribution >= 4 is 34.7 Å². The Bertz CT molecular complexity index is 1400. The van der Waals surface area contributed by atoms with Crippen LogP contribution in [0.1, 0.15) is 43.5 Å². The first-order valence-corrected chi connectivity index (χ1v) is 12.0. The number of aliphatic hydroxyl groups excluding tert-OH is 1. The molecule has 1 aliphatic heterocycles. The first-order chi connectivity index (χ1) is 17.5. The second-order valence-electron chi connectivity index (χ2n) is 9.74. The number of ether oxygens (including phenoxy) is 2. The Morgan fingerprint density at radius 3 is 2.22 bits per heavy atom. The number of ketones is 1. The Morgan fingerprint density at radius 1 is 0.946 bits per heavy atom. The number of carbonyl (C=O) groups excluding carboxylic acids is 2. The van der Waals surface area contributed by atoms with E-state index in [0.717, 1.165) is 10.5 Å². The van der Waals surface area contributed by atoms with Crippen molar-refractivity contribution < 1.29 is 29.3 Å². The zero-order chi connectivity index (χ0) is 27.1. The summed E-state index contributed by atoms with van der Waals surface area (Å²) in [6.07, 6.45) is 0. The van der Waals surface area contributed by atoms with Crippen LogP contribution in [0.3, 0.4) is 0 Å². The van der Waals surface area contributed by atoms with Gasteiger partial charge in [0.1, 0.15) is 23.0 Å². The molecule has 1 unspecified atom stereocenters. The largest absolute Gasteiger partial charge is 0.507 e. The average Bonchev–Trinajstić information content (AvgIpc) is 3.14. The fourth-order valence-corrected chi connectivity index (χ4v) is 4.56. The molecule has 1 heterocycles. The smallest absolute Gasteiger partial charge is 0.300 e. The van der Waals surface area contributed by atoms with Crippen molar-refractivity contribution in [1.82, 2.24) is 0 Å². The lowest BCUT2D eigenvalue weighted by molar-refractivity contribution is -0.132. The molecule has 4 rings (SSSR count). The van der Waals surface area contributed by atoms with Crippen molar-refractivity contribution in [2.45, 2.75) is 32.2 Å². The highest BCUT2D eigenvalue weighted by atomic mass is 35.5. The van der Waals surface area contributed by atoms with Crippen molar-refractivity contribution in [2.24, 2.45) is 0 Å². The van der Waals surface area contributed by atoms with Crippen molar-refractivity contribution in [2.75, 3.05) is 19.1 Å². The maximum atomic E-state index is 13.4. The standard InChI is InChI=1S/C29H28ClNO6/c1-29(2,3)17-8-6-16(7-9-17)25-24(26(33)20-12-11-19(36-4)15-23(20)37-5)27(34)28(35)31(25)21-14-18(30)10-13-22(21)32/h6-15,25,32-33H,1-5H3/b26-24-. The Kier molecular flexibility index (Phi) is 6.93. The lowest BCUT2D eigenvalue weighted by Crippen LogP contribution is -2.29. The molecule has 1 fully saturated rings. The Balaban J connectivity index is 1.99. The first-order valence-electron chi connectivity index (χ1n) is 11.6. The highest BCUT2D eigenvalue weighted by Gasteiger charge is 2.48. The normalized spacial score (nSPS) is 17.2. The van der Waals surface area contributed by atoms with E-state index in [1.54, 1.807) is 18.2 Å². The summed E-state index contributed by atoms with van der Waals surface area (Å²) in [5.41, 5.74) is 1.63. The summed E-state index contributed by atoms with van der Waals surface area (Å²) in [5, 5.41) is 22.4. The van der Waals surface area contributed by atoms with Crippen molar-refractivity contribution in [3.05, 3.63) is 87.9 Å². The minimum atomic E-state index is -1.04. The van der Waals surface area contributed by atoms with Gasteiger partial charge in [-0.3, -0.25) is 14.5 Å². The van der Waals surface area contributed by atoms with Gasteiger partial charge in [0.25, 0.3) is 11.7 Å². The maximum Gasteiger partial charge on any atom is 0.300 e. The number of benzene rings is 3. The fraction of sp³-hybridized carbons (Fsp3) is 0.241. The summed E-state index contributed by atoms with van der Waals surface area (Å²) in [4.78, 5) is 28.0. The van der Waals surface area contributed by atoms with Gasteiger partial charge in [0.15, 0.2) is 0 Å². The molecule has 7 nitrogen and oxygen atoms in total. The molecule has 1 amide bonds. The summed E-state index contributed by atoms with van der Waals surface area (Å²) in [5.74, 6) is -1.70. The van der Waals surface area contributed by atoms with Crippen LogP contribution in [-0.2, 0) is 15.0 Å². The van der Waals surface area contributed by atoms with Gasteiger partial charge in [0, 0.05) is 11.1 Å². The Hall–Kier alpha value is -3.97. The number of anilines is 1. The summed E-state index contributed by atoms with van der Waals surface area (Å²) in [6.45, 7) is 6.23. The van der Waals surface area contributed by atoms with E-state index in [1.165, 1.54) is 32.4 Å². The number of halogens is 1. The van der Waals surface area contributed by atoms with Gasteiger partial charge in [-0.2, -0.15) is 0 Å². The van der Waals surface area contributed by atoms with Gasteiger partial charge in [0.05, 0.1) is 37.1 Å². The highest BCUT2D eigenvalue weighted by Crippen LogP contribution is 2.46. The van der Waals surface area contributed by atoms with Crippen LogP contribution in [-0.4, -0.2) is 36.1 Å². The molecule has 37 heavy (non-hydrogen) atoms. The van der Waals surface area contributed by atoms with Crippen LogP contribution in [0, 0.1) is 0 Å². The number of nitrogens with zero attached hydrogens (tertiary/aromatic N) is 1. The number of hydrogen-bond acceptors (Lipinski definition) is 6. The summed E-state index contributed by atoms with van der Waals surface area (Å²) < 4.78 is 10.7. The third-order valence-electron chi connectivity index (χ3n) is 6.40. The number of phenolic OH excluding ortho intramolecular Hbond substituents is 1. The number of amides is 1. The molecule has 3 aromatic rings. The van der Waals surface area contributed by atoms with Crippen LogP contribution in [0.4, 0.5) is 5.69 Å². The topological polar surface area (TPSA) is 96.3 Å². The predicted molar refractivity (Wildman–Crippen MR) is 143 cm³/mol. The zero-order valence-electron chi connectivity index (χ0n) is 21.2. The molecule has 1 aliphatic rings. The monoisotopic (exact) mass is 521 g/mol. The molecule has 0 spiro atoms. The molecular formula is C29H28ClNO6. The molecule has 0 radical (unpaired) electrons. The highest BCUT2D eigenvalue weighted by molar-refractivity contribution is 6.52. The summed E-state index contributed by atoms with van der Waals surface area (Å²) >= 11 is 6.18. The first kappa shape index (κ1) is 26.1. The third kappa shape index (κ3) is 4.74. The number of Topliss-reactive ketones (excluding diaryl/α,β-unsaturated/α-hetero) is 1. The van der Waals surface area contributed by atoms with E-state index in [2.05, 4.69) is 20.8 Å². The second kappa shape index (κ2) is 9.82. The number of hydrogen-bond donors (Lipinski definition) is 2. The lowest BCUT2D eigenvalue weighted by Gasteiger charge is -2.27. The average molecular weight is 522 g/mol. The number of carbonyl (C=O) groups is 2. The van der Waals surface area contributed by atoms with Crippen LogP contribution in [0.15, 0.2) is 66.2 Å². The van der Waals surface area contributed by atoms with Crippen LogP contribution in [0.5, 0.6) is 17.2 Å². The van der Waals surface area contributed by atoms with Gasteiger partial charge in [-0.25, -0.2) is 0 Å². The maximum absolute atomic E-state index is 13.4. The van der Waals surface area contributed by atoms with Crippen LogP contribution in [0.2, 0.25) is 5.02 Å². The summed E-state index contributed by atoms with van der Waals surface area (Å²) in [7, 11) is 2.93. The fourth-order valence-electron chi connectivity index (χ4n) is 4.39. The molecule has 3 aromatic carbocycles. The SMILES string of the molecule is COc1ccc(/C(O)=C2/C(=O)C(=O)N(c3cc(Cl)ccc3O)C2c2ccc(C(C)(C)C)cc2)c(OC)c1. The van der Waals surface area contributed by atoms with E-state index in [9.17, 15) is 19.8 Å². The minimum Gasteiger partial charge on any atom is -0.507 e. The number of rotatable bonds is 5. The van der Waals surface area contributed by atoms with E-state index in [-0.39, 0.29) is 38.8 Å². The van der Waals surface area contributed by atoms with E-state index in [1.807, 2.05) is 24.3 Å². The van der Waals surface area contributed by atoms with Gasteiger partial charge < -0.3 is 19.7 Å². The van der Waals surface area contributed by atoms with Crippen molar-refractivity contribution in [3.63, 3.8) is 0 Å². The van der Waals surface area contributed by atoms with Crippen molar-refractivity contribution in [3.8, 4) is 17.2 Å². The third-order valence-corrected chi connectivity index (χ3v) is 6.63. The molecular weight excluding hydrogens is 494 g/mol. The van der Waals surface area contributed by atoms with E-state index < -0.39 is 23.5 Å². The second-order valence-corrected chi connectivity index (χ2v) is 10.2. The van der Waals surface area contributed by atoms with Crippen LogP contribution in [0.25, 0.3) is 5.76 Å². The molecule has 0 aliphatic carbocycles. The van der Waals surface area contributed by atoms with E-state index >= 15 is 0 Å². The van der Waals surface area contributed by atoms with Gasteiger partial charge in [-0.1, -0.05) is 56.6 Å². The van der Waals surface area contributed by atoms with Gasteiger partial charge >= 0.3 is 0 Å². The molecule has 1 atom stereocenters. The molecule has 0 saturated carbocycles. The number of aliphatic hydroxyl groups is 1. The van der Waals surface area contributed by atoms with Gasteiger partial charge in [-0.15, -0.1) is 0 Å². The van der Waals surface area contributed by atoms with Gasteiger partial charge in [-0.05, 0) is 46.9 Å². The van der Waals surface area contributed by atoms with Crippen LogP contribution < -0.4 is 14.4 Å². The Morgan fingerprint density at radius 2 is 1.62 bits per heavy atom. The quantitative estimate of drug-likeness (QED) is 0.243. The molecule has 0 bridgehead atoms. The molecule has 2 N–H and O–H groups in total. The number of phenols is 1. The minimum absolute atomic E-state index is 0.0558. The van der Waals surface area contributed by atoms with E-state index in [4.69, 9.17) is 21.1 Å². The van der Waals surface area contributed by atoms with Gasteiger partial charge in [0.2, 0.25) is 0 Å². The zero-order valence-corrected chi connectivity index (χ0v) is 22.0.